The first-order valence-electron chi connectivity index (χ1n) is 19.9. The smallest absolute Gasteiger partial charge is 0.354 e. The van der Waals surface area contributed by atoms with Crippen LogP contribution in [0, 0.1) is 6.07 Å². The van der Waals surface area contributed by atoms with Crippen LogP contribution in [0.5, 0.6) is 0 Å². The Morgan fingerprint density at radius 2 is 1.34 bits per heavy atom. The number of carbonyl (C=O) groups is 1. The second-order valence-corrected chi connectivity index (χ2v) is 15.7. The number of aromatic carboxylic acids is 1. The molecule has 6 rings (SSSR count). The summed E-state index contributed by atoms with van der Waals surface area (Å²) >= 11 is 0. The Morgan fingerprint density at radius 1 is 0.717 bits per heavy atom. The Morgan fingerprint density at radius 3 is 1.94 bits per heavy atom. The molecular weight excluding hydrogens is 829 g/mol. The van der Waals surface area contributed by atoms with Gasteiger partial charge >= 0.3 is 5.97 Å². The van der Waals surface area contributed by atoms with Crippen molar-refractivity contribution in [3.05, 3.63) is 120 Å². The second kappa shape index (κ2) is 20.1. The van der Waals surface area contributed by atoms with E-state index in [9.17, 15) is 4.79 Å². The van der Waals surface area contributed by atoms with Crippen LogP contribution in [0.3, 0.4) is 0 Å². The van der Waals surface area contributed by atoms with Gasteiger partial charge in [0.2, 0.25) is 0 Å². The third-order valence-electron chi connectivity index (χ3n) is 10.8. The summed E-state index contributed by atoms with van der Waals surface area (Å²) in [6, 6.07) is 33.5. The quantitative estimate of drug-likeness (QED) is 0.0792. The minimum absolute atomic E-state index is 0. The third kappa shape index (κ3) is 10.7. The molecule has 53 heavy (non-hydrogen) atoms. The summed E-state index contributed by atoms with van der Waals surface area (Å²) in [7, 11) is 0. The van der Waals surface area contributed by atoms with Crippen LogP contribution in [-0.2, 0) is 30.9 Å². The van der Waals surface area contributed by atoms with Gasteiger partial charge in [-0.2, -0.15) is 0 Å². The summed E-state index contributed by atoms with van der Waals surface area (Å²) in [5, 5.41) is 9.51. The molecule has 0 saturated heterocycles. The molecule has 2 aromatic heterocycles. The normalized spacial score (nSPS) is 12.7. The van der Waals surface area contributed by atoms with Gasteiger partial charge in [0.15, 0.2) is 0 Å². The summed E-state index contributed by atoms with van der Waals surface area (Å²) in [6.07, 6.45) is 20.0. The largest absolute Gasteiger partial charge is 0.477 e. The monoisotopic (exact) mass is 888 g/mol. The van der Waals surface area contributed by atoms with Crippen molar-refractivity contribution in [2.24, 2.45) is 0 Å². The predicted octanol–water partition coefficient (Wildman–Crippen LogP) is 13.5. The summed E-state index contributed by atoms with van der Waals surface area (Å²) in [6.45, 7) is 11.7. The standard InChI is InChI=1S/C42H54N.C6H5NO2.Ir/c1-6-8-10-12-14-18-28-42(29-19-15-13-11-9-7-2)37-30-33(40-27-23-32-20-16-17-21-39(32)43-40)22-25-35(37)36-26-24-34(31-38(36)42)41(3,4)5;8-6(9)5-3-1-2-4-7-5;/h16-17,20-21,23-27,30-31H,6-15,18-19,28-29H2,1-5H3;1-4H,(H,8,9);/q-1;;. The number of nitrogens with zero attached hydrogens (tertiary/aromatic N) is 2. The fraction of sp³-hybridized carbons (Fsp3) is 0.438. The van der Waals surface area contributed by atoms with Gasteiger partial charge in [-0.25, -0.2) is 9.78 Å². The van der Waals surface area contributed by atoms with E-state index in [2.05, 4.69) is 112 Å². The van der Waals surface area contributed by atoms with Gasteiger partial charge in [0.05, 0.1) is 5.52 Å². The molecule has 1 N–H and O–H groups in total. The number of pyridine rings is 2. The molecule has 0 atom stereocenters. The zero-order valence-corrected chi connectivity index (χ0v) is 35.0. The van der Waals surface area contributed by atoms with Crippen LogP contribution in [0.15, 0.2) is 91.1 Å². The fourth-order valence-corrected chi connectivity index (χ4v) is 7.83. The van der Waals surface area contributed by atoms with Gasteiger partial charge in [0.1, 0.15) is 5.69 Å². The van der Waals surface area contributed by atoms with E-state index in [1.54, 1.807) is 17.7 Å². The molecule has 0 spiro atoms. The van der Waals surface area contributed by atoms with Crippen molar-refractivity contribution in [1.29, 1.82) is 0 Å². The number of para-hydroxylation sites is 1. The van der Waals surface area contributed by atoms with Gasteiger partial charge in [-0.3, -0.25) is 4.98 Å². The number of benzene rings is 3. The number of hydrogen-bond donors (Lipinski definition) is 1. The average molecular weight is 888 g/mol. The van der Waals surface area contributed by atoms with Crippen LogP contribution < -0.4 is 0 Å². The molecule has 1 aliphatic rings. The second-order valence-electron chi connectivity index (χ2n) is 15.7. The van der Waals surface area contributed by atoms with E-state index in [0.717, 1.165) is 16.8 Å². The molecule has 283 valence electrons. The molecule has 0 bridgehead atoms. The van der Waals surface area contributed by atoms with Crippen molar-refractivity contribution in [3.8, 4) is 22.4 Å². The fourth-order valence-electron chi connectivity index (χ4n) is 7.83. The van der Waals surface area contributed by atoms with Crippen LogP contribution in [0.25, 0.3) is 33.3 Å². The predicted molar refractivity (Wildman–Crippen MR) is 218 cm³/mol. The van der Waals surface area contributed by atoms with Crippen molar-refractivity contribution < 1.29 is 30.0 Å². The van der Waals surface area contributed by atoms with Crippen molar-refractivity contribution in [2.45, 2.75) is 135 Å². The summed E-state index contributed by atoms with van der Waals surface area (Å²) in [4.78, 5) is 18.8. The molecule has 5 aromatic rings. The molecule has 4 nitrogen and oxygen atoms in total. The first kappa shape index (κ1) is 42.1. The van der Waals surface area contributed by atoms with Crippen molar-refractivity contribution in [2.75, 3.05) is 0 Å². The minimum Gasteiger partial charge on any atom is -0.477 e. The maximum atomic E-state index is 10.1. The van der Waals surface area contributed by atoms with Gasteiger partial charge in [-0.1, -0.05) is 177 Å². The Bertz CT molecular complexity index is 1880. The maximum Gasteiger partial charge on any atom is 0.354 e. The third-order valence-corrected chi connectivity index (χ3v) is 10.8. The van der Waals surface area contributed by atoms with Crippen LogP contribution in [0.4, 0.5) is 0 Å². The molecule has 1 radical (unpaired) electrons. The number of aromatic nitrogens is 2. The zero-order valence-electron chi connectivity index (χ0n) is 32.6. The topological polar surface area (TPSA) is 63.1 Å². The van der Waals surface area contributed by atoms with E-state index >= 15 is 0 Å². The summed E-state index contributed by atoms with van der Waals surface area (Å²) in [5.74, 6) is -0.990. The SMILES string of the molecule is CCCCCCCCC1(CCCCCCCC)c2cc(-c3ccc4ccccc4n3)[c-]cc2-c2ccc(C(C)(C)C)cc21.O=C(O)c1ccccn1.[Ir]. The van der Waals surface area contributed by atoms with E-state index in [1.165, 1.54) is 130 Å². The van der Waals surface area contributed by atoms with Crippen LogP contribution in [-0.4, -0.2) is 21.0 Å². The Hall–Kier alpha value is -3.66. The molecule has 0 unspecified atom stereocenters. The van der Waals surface area contributed by atoms with Crippen LogP contribution in [0.1, 0.15) is 152 Å². The number of rotatable bonds is 16. The van der Waals surface area contributed by atoms with Crippen molar-refractivity contribution in [1.82, 2.24) is 9.97 Å². The zero-order chi connectivity index (χ0) is 37.0. The van der Waals surface area contributed by atoms with E-state index in [0.29, 0.717) is 0 Å². The van der Waals surface area contributed by atoms with E-state index in [1.807, 2.05) is 0 Å². The van der Waals surface area contributed by atoms with E-state index < -0.39 is 5.97 Å². The van der Waals surface area contributed by atoms with Crippen LogP contribution in [0.2, 0.25) is 0 Å². The Labute approximate surface area is 332 Å². The maximum absolute atomic E-state index is 10.1. The summed E-state index contributed by atoms with van der Waals surface area (Å²) < 4.78 is 0. The van der Waals surface area contributed by atoms with Gasteiger partial charge in [0, 0.05) is 31.7 Å². The molecule has 0 amide bonds. The van der Waals surface area contributed by atoms with Gasteiger partial charge in [0.25, 0.3) is 0 Å². The van der Waals surface area contributed by atoms with Gasteiger partial charge < -0.3 is 5.11 Å². The summed E-state index contributed by atoms with van der Waals surface area (Å²) in [5.41, 5.74) is 10.9. The molecule has 3 aromatic carbocycles. The Balaban J connectivity index is 0.000000549. The average Bonchev–Trinajstić information content (AvgIpc) is 3.42. The molecule has 0 saturated carbocycles. The molecular formula is C48H59IrN2O2-. The molecule has 1 aliphatic carbocycles. The number of unbranched alkanes of at least 4 members (excludes halogenated alkanes) is 10. The van der Waals surface area contributed by atoms with E-state index in [4.69, 9.17) is 10.1 Å². The molecule has 2 heterocycles. The van der Waals surface area contributed by atoms with Crippen molar-refractivity contribution in [3.63, 3.8) is 0 Å². The number of carboxylic acid groups (broad SMARTS) is 1. The number of carboxylic acids is 1. The first-order chi connectivity index (χ1) is 25.2. The van der Waals surface area contributed by atoms with Crippen molar-refractivity contribution >= 4 is 16.9 Å². The van der Waals surface area contributed by atoms with E-state index in [-0.39, 0.29) is 36.6 Å². The number of hydrogen-bond acceptors (Lipinski definition) is 3. The van der Waals surface area contributed by atoms with Gasteiger partial charge in [-0.05, 0) is 58.7 Å². The Kier molecular flexibility index (Phi) is 16.0. The first-order valence-corrected chi connectivity index (χ1v) is 19.9. The van der Waals surface area contributed by atoms with Crippen LogP contribution >= 0.6 is 0 Å². The molecule has 0 aliphatic heterocycles. The molecule has 0 fully saturated rings. The number of fused-ring (bicyclic) bond motifs is 4. The molecule has 5 heteroatoms. The van der Waals surface area contributed by atoms with Gasteiger partial charge in [-0.15, -0.1) is 29.3 Å². The minimum atomic E-state index is -0.990.